The van der Waals surface area contributed by atoms with E-state index < -0.39 is 0 Å². The first-order chi connectivity index (χ1) is 7.24. The molecule has 1 N–H and O–H groups in total. The predicted octanol–water partition coefficient (Wildman–Crippen LogP) is 3.10. The second-order valence-electron chi connectivity index (χ2n) is 4.75. The Labute approximate surface area is 94.1 Å². The molecule has 0 amide bonds. The number of hydrogen-bond donors (Lipinski definition) is 1. The molecule has 88 valence electrons. The summed E-state index contributed by atoms with van der Waals surface area (Å²) in [5.74, 6) is 0.788. The van der Waals surface area contributed by atoms with Gasteiger partial charge in [-0.05, 0) is 43.7 Å². The molecule has 2 heteroatoms. The van der Waals surface area contributed by atoms with Crippen LogP contribution in [0.15, 0.2) is 11.8 Å². The van der Waals surface area contributed by atoms with Gasteiger partial charge in [-0.15, -0.1) is 0 Å². The lowest BCUT2D eigenvalue weighted by Gasteiger charge is -2.24. The summed E-state index contributed by atoms with van der Waals surface area (Å²) >= 11 is 0. The van der Waals surface area contributed by atoms with Gasteiger partial charge in [-0.2, -0.15) is 0 Å². The van der Waals surface area contributed by atoms with Crippen molar-refractivity contribution in [2.75, 3.05) is 13.2 Å². The van der Waals surface area contributed by atoms with Crippen molar-refractivity contribution in [1.82, 2.24) is 5.32 Å². The van der Waals surface area contributed by atoms with Crippen LogP contribution in [0.25, 0.3) is 0 Å². The first-order valence-corrected chi connectivity index (χ1v) is 6.28. The van der Waals surface area contributed by atoms with Crippen molar-refractivity contribution in [2.24, 2.45) is 5.92 Å². The van der Waals surface area contributed by atoms with Crippen LogP contribution in [-0.4, -0.2) is 19.2 Å². The second-order valence-corrected chi connectivity index (χ2v) is 4.75. The van der Waals surface area contributed by atoms with Crippen molar-refractivity contribution in [3.63, 3.8) is 0 Å². The van der Waals surface area contributed by atoms with Crippen LogP contribution in [0.5, 0.6) is 0 Å². The molecule has 0 radical (unpaired) electrons. The zero-order chi connectivity index (χ0) is 11.1. The molecule has 1 aliphatic heterocycles. The summed E-state index contributed by atoms with van der Waals surface area (Å²) in [6.07, 6.45) is 6.89. The molecule has 2 nitrogen and oxygen atoms in total. The van der Waals surface area contributed by atoms with Crippen molar-refractivity contribution in [3.05, 3.63) is 11.8 Å². The molecule has 1 atom stereocenters. The van der Waals surface area contributed by atoms with Crippen molar-refractivity contribution in [3.8, 4) is 0 Å². The molecule has 0 saturated heterocycles. The maximum atomic E-state index is 5.41. The average molecular weight is 211 g/mol. The number of rotatable bonds is 6. The molecule has 1 rings (SSSR count). The summed E-state index contributed by atoms with van der Waals surface area (Å²) in [7, 11) is 0. The molecule has 0 fully saturated rings. The van der Waals surface area contributed by atoms with E-state index >= 15 is 0 Å². The lowest BCUT2D eigenvalue weighted by atomic mass is 9.95. The Morgan fingerprint density at radius 1 is 1.40 bits per heavy atom. The molecule has 0 aromatic heterocycles. The van der Waals surface area contributed by atoms with E-state index in [-0.39, 0.29) is 0 Å². The number of likely N-dealkylation sites (N-methyl/N-ethyl adjacent to an activating group) is 1. The highest BCUT2D eigenvalue weighted by Crippen LogP contribution is 2.20. The molecule has 0 bridgehead atoms. The molecule has 15 heavy (non-hydrogen) atoms. The van der Waals surface area contributed by atoms with E-state index in [0.29, 0.717) is 6.04 Å². The molecule has 0 aromatic carbocycles. The smallest absolute Gasteiger partial charge is 0.0876 e. The topological polar surface area (TPSA) is 21.3 Å². The van der Waals surface area contributed by atoms with Crippen LogP contribution in [0, 0.1) is 5.92 Å². The maximum Gasteiger partial charge on any atom is 0.0876 e. The lowest BCUT2D eigenvalue weighted by molar-refractivity contribution is 0.218. The van der Waals surface area contributed by atoms with E-state index in [1.165, 1.54) is 31.3 Å². The van der Waals surface area contributed by atoms with E-state index in [2.05, 4.69) is 26.1 Å². The first-order valence-electron chi connectivity index (χ1n) is 6.28. The van der Waals surface area contributed by atoms with Gasteiger partial charge in [-0.25, -0.2) is 0 Å². The molecule has 0 aliphatic carbocycles. The Morgan fingerprint density at radius 3 is 2.73 bits per heavy atom. The van der Waals surface area contributed by atoms with Gasteiger partial charge >= 0.3 is 0 Å². The van der Waals surface area contributed by atoms with Gasteiger partial charge in [-0.1, -0.05) is 20.8 Å². The van der Waals surface area contributed by atoms with E-state index in [4.69, 9.17) is 4.74 Å². The van der Waals surface area contributed by atoms with Crippen LogP contribution in [0.4, 0.5) is 0 Å². The minimum absolute atomic E-state index is 0.540. The normalized spacial score (nSPS) is 18.5. The molecule has 0 spiro atoms. The monoisotopic (exact) mass is 211 g/mol. The van der Waals surface area contributed by atoms with E-state index in [1.54, 1.807) is 0 Å². The highest BCUT2D eigenvalue weighted by Gasteiger charge is 2.16. The molecule has 0 saturated carbocycles. The van der Waals surface area contributed by atoms with Crippen LogP contribution in [0.2, 0.25) is 0 Å². The largest absolute Gasteiger partial charge is 0.501 e. The van der Waals surface area contributed by atoms with Gasteiger partial charge < -0.3 is 10.1 Å². The van der Waals surface area contributed by atoms with Crippen molar-refractivity contribution < 1.29 is 4.74 Å². The van der Waals surface area contributed by atoms with E-state index in [9.17, 15) is 0 Å². The summed E-state index contributed by atoms with van der Waals surface area (Å²) in [5.41, 5.74) is 1.46. The third-order valence-electron chi connectivity index (χ3n) is 2.89. The lowest BCUT2D eigenvalue weighted by Crippen LogP contribution is -2.32. The van der Waals surface area contributed by atoms with Gasteiger partial charge in [0, 0.05) is 6.04 Å². The van der Waals surface area contributed by atoms with Gasteiger partial charge in [0.2, 0.25) is 0 Å². The van der Waals surface area contributed by atoms with Crippen LogP contribution in [0.1, 0.15) is 46.5 Å². The number of ether oxygens (including phenoxy) is 1. The highest BCUT2D eigenvalue weighted by molar-refractivity contribution is 5.09. The molecular formula is C13H25NO. The van der Waals surface area contributed by atoms with Gasteiger partial charge in [0.25, 0.3) is 0 Å². The van der Waals surface area contributed by atoms with E-state index in [1.807, 2.05) is 6.26 Å². The zero-order valence-electron chi connectivity index (χ0n) is 10.4. The Hall–Kier alpha value is -0.500. The highest BCUT2D eigenvalue weighted by atomic mass is 16.5. The van der Waals surface area contributed by atoms with Crippen molar-refractivity contribution in [1.29, 1.82) is 0 Å². The average Bonchev–Trinajstić information content (AvgIpc) is 2.25. The molecular weight excluding hydrogens is 186 g/mol. The summed E-state index contributed by atoms with van der Waals surface area (Å²) in [4.78, 5) is 0. The third-order valence-corrected chi connectivity index (χ3v) is 2.89. The van der Waals surface area contributed by atoms with Crippen molar-refractivity contribution in [2.45, 2.75) is 52.5 Å². The molecule has 1 unspecified atom stereocenters. The minimum Gasteiger partial charge on any atom is -0.501 e. The van der Waals surface area contributed by atoms with E-state index in [0.717, 1.165) is 19.1 Å². The first kappa shape index (κ1) is 12.6. The molecule has 0 aromatic rings. The minimum atomic E-state index is 0.540. The second kappa shape index (κ2) is 6.89. The van der Waals surface area contributed by atoms with Gasteiger partial charge in [-0.3, -0.25) is 0 Å². The summed E-state index contributed by atoms with van der Waals surface area (Å²) in [6.45, 7) is 8.68. The third kappa shape index (κ3) is 4.70. The van der Waals surface area contributed by atoms with Crippen molar-refractivity contribution >= 4 is 0 Å². The molecule has 1 heterocycles. The standard InChI is InChI=1S/C13H25NO/c1-4-14-13(8-7-11(2)3)12-6-5-9-15-10-12/h10-11,13-14H,4-9H2,1-3H3. The fraction of sp³-hybridized carbons (Fsp3) is 0.846. The molecule has 1 aliphatic rings. The SMILES string of the molecule is CCNC(CCC(C)C)C1=COCCC1. The quantitative estimate of drug-likeness (QED) is 0.729. The number of nitrogens with one attached hydrogen (secondary N) is 1. The zero-order valence-corrected chi connectivity index (χ0v) is 10.4. The summed E-state index contributed by atoms with van der Waals surface area (Å²) < 4.78 is 5.41. The van der Waals surface area contributed by atoms with Crippen LogP contribution in [-0.2, 0) is 4.74 Å². The van der Waals surface area contributed by atoms with Crippen LogP contribution >= 0.6 is 0 Å². The number of hydrogen-bond acceptors (Lipinski definition) is 2. The Bertz CT molecular complexity index is 199. The van der Waals surface area contributed by atoms with Gasteiger partial charge in [0.1, 0.15) is 0 Å². The van der Waals surface area contributed by atoms with Gasteiger partial charge in [0.15, 0.2) is 0 Å². The predicted molar refractivity (Wildman–Crippen MR) is 64.8 cm³/mol. The Morgan fingerprint density at radius 2 is 2.20 bits per heavy atom. The van der Waals surface area contributed by atoms with Crippen LogP contribution in [0.3, 0.4) is 0 Å². The fourth-order valence-electron chi connectivity index (χ4n) is 2.01. The fourth-order valence-corrected chi connectivity index (χ4v) is 2.01. The maximum absolute atomic E-state index is 5.41. The van der Waals surface area contributed by atoms with Crippen LogP contribution < -0.4 is 5.32 Å². The summed E-state index contributed by atoms with van der Waals surface area (Å²) in [5, 5.41) is 3.56. The Kier molecular flexibility index (Phi) is 5.77. The Balaban J connectivity index is 2.44. The van der Waals surface area contributed by atoms with Gasteiger partial charge in [0.05, 0.1) is 12.9 Å². The summed E-state index contributed by atoms with van der Waals surface area (Å²) in [6, 6.07) is 0.540.